The number of likely N-dealkylation sites (N-methyl/N-ethyl adjacent to an activating group) is 1. The van der Waals surface area contributed by atoms with Crippen LogP contribution in [-0.2, 0) is 17.5 Å². The number of halogens is 4. The first kappa shape index (κ1) is 25.8. The average molecular weight is 551 g/mol. The molecule has 2 aliphatic rings. The van der Waals surface area contributed by atoms with Crippen molar-refractivity contribution < 1.29 is 27.9 Å². The van der Waals surface area contributed by atoms with Gasteiger partial charge in [-0.05, 0) is 66.7 Å². The van der Waals surface area contributed by atoms with E-state index in [-0.39, 0.29) is 22.0 Å². The first-order valence-electron chi connectivity index (χ1n) is 11.5. The van der Waals surface area contributed by atoms with E-state index in [1.807, 2.05) is 11.9 Å². The van der Waals surface area contributed by atoms with Gasteiger partial charge in [0.15, 0.2) is 0 Å². The number of imide groups is 1. The molecule has 5 rings (SSSR count). The predicted octanol–water partition coefficient (Wildman–Crippen LogP) is 4.86. The number of alkyl halides is 3. The minimum atomic E-state index is -4.55. The van der Waals surface area contributed by atoms with E-state index in [1.165, 1.54) is 23.0 Å². The lowest BCUT2D eigenvalue weighted by Crippen LogP contribution is -2.54. The molecule has 3 heterocycles. The zero-order chi connectivity index (χ0) is 26.5. The number of thioether (sulfide) groups is 1. The Hall–Kier alpha value is -2.86. The predicted molar refractivity (Wildman–Crippen MR) is 135 cm³/mol. The minimum Gasteiger partial charge on any atom is -0.390 e. The second-order valence-electron chi connectivity index (χ2n) is 9.16. The Morgan fingerprint density at radius 2 is 2.00 bits per heavy atom. The van der Waals surface area contributed by atoms with Crippen molar-refractivity contribution in [3.05, 3.63) is 69.2 Å². The number of hydrogen-bond donors (Lipinski definition) is 1. The van der Waals surface area contributed by atoms with Crippen LogP contribution in [0.5, 0.6) is 0 Å². The molecule has 12 heteroatoms. The molecule has 7 nitrogen and oxygen atoms in total. The number of fused-ring (bicyclic) bond motifs is 1. The molecular formula is C25H22ClF3N4O3S. The van der Waals surface area contributed by atoms with Crippen molar-refractivity contribution >= 4 is 51.5 Å². The zero-order valence-electron chi connectivity index (χ0n) is 19.6. The number of aliphatic hydroxyl groups excluding tert-OH is 1. The summed E-state index contributed by atoms with van der Waals surface area (Å²) in [5.74, 6) is -0.443. The number of amides is 2. The molecule has 1 aromatic heterocycles. The van der Waals surface area contributed by atoms with Gasteiger partial charge in [-0.2, -0.15) is 18.3 Å². The molecule has 0 saturated carbocycles. The number of benzene rings is 2. The molecular weight excluding hydrogens is 529 g/mol. The molecule has 0 radical (unpaired) electrons. The monoisotopic (exact) mass is 550 g/mol. The number of likely N-dealkylation sites (tertiary alicyclic amines) is 1. The molecule has 194 valence electrons. The number of aromatic nitrogens is 2. The van der Waals surface area contributed by atoms with Gasteiger partial charge in [-0.3, -0.25) is 19.2 Å². The van der Waals surface area contributed by atoms with Crippen molar-refractivity contribution in [2.24, 2.45) is 0 Å². The van der Waals surface area contributed by atoms with Gasteiger partial charge in [0.25, 0.3) is 11.1 Å². The van der Waals surface area contributed by atoms with Gasteiger partial charge in [0.2, 0.25) is 0 Å². The lowest BCUT2D eigenvalue weighted by atomic mass is 10.0. The van der Waals surface area contributed by atoms with Gasteiger partial charge in [0.05, 0.1) is 40.9 Å². The Morgan fingerprint density at radius 1 is 1.22 bits per heavy atom. The van der Waals surface area contributed by atoms with E-state index in [2.05, 4.69) is 5.10 Å². The summed E-state index contributed by atoms with van der Waals surface area (Å²) < 4.78 is 41.9. The maximum atomic E-state index is 13.5. The standard InChI is InChI=1S/C25H22ClF3N4O3S/c1-31-7-6-20(21(34)13-31)33-23(35)22(37-24(33)36)9-14-2-5-19-16(8-14)11-30-32(19)12-15-3-4-17(26)10-18(15)25(27,28)29/h2-5,8-11,20-21,34H,6-7,12-13H2,1H3/t20?,21-/m0/s1. The highest BCUT2D eigenvalue weighted by molar-refractivity contribution is 8.18. The summed E-state index contributed by atoms with van der Waals surface area (Å²) in [7, 11) is 1.87. The Morgan fingerprint density at radius 3 is 2.73 bits per heavy atom. The van der Waals surface area contributed by atoms with E-state index in [0.29, 0.717) is 36.0 Å². The van der Waals surface area contributed by atoms with E-state index < -0.39 is 35.0 Å². The molecule has 2 aliphatic heterocycles. The minimum absolute atomic E-state index is 0.000728. The molecule has 37 heavy (non-hydrogen) atoms. The Balaban J connectivity index is 1.39. The number of carbonyl (C=O) groups excluding carboxylic acids is 2. The molecule has 2 saturated heterocycles. The highest BCUT2D eigenvalue weighted by atomic mass is 35.5. The summed E-state index contributed by atoms with van der Waals surface area (Å²) in [5, 5.41) is 14.9. The van der Waals surface area contributed by atoms with E-state index in [0.717, 1.165) is 22.7 Å². The highest BCUT2D eigenvalue weighted by Gasteiger charge is 2.43. The average Bonchev–Trinajstić information content (AvgIpc) is 3.34. The van der Waals surface area contributed by atoms with Crippen molar-refractivity contribution in [1.29, 1.82) is 0 Å². The first-order valence-corrected chi connectivity index (χ1v) is 12.7. The Labute approximate surface area is 219 Å². The zero-order valence-corrected chi connectivity index (χ0v) is 21.1. The van der Waals surface area contributed by atoms with Gasteiger partial charge in [0, 0.05) is 23.5 Å². The third-order valence-corrected chi connectivity index (χ3v) is 7.68. The third kappa shape index (κ3) is 5.13. The second kappa shape index (κ2) is 9.79. The van der Waals surface area contributed by atoms with Crippen LogP contribution in [0.3, 0.4) is 0 Å². The molecule has 3 aromatic rings. The van der Waals surface area contributed by atoms with Crippen LogP contribution >= 0.6 is 23.4 Å². The molecule has 2 aromatic carbocycles. The van der Waals surface area contributed by atoms with Gasteiger partial charge in [0.1, 0.15) is 0 Å². The third-order valence-electron chi connectivity index (χ3n) is 6.57. The summed E-state index contributed by atoms with van der Waals surface area (Å²) in [5.41, 5.74) is 0.480. The van der Waals surface area contributed by atoms with Crippen molar-refractivity contribution in [2.75, 3.05) is 20.1 Å². The van der Waals surface area contributed by atoms with Crippen LogP contribution in [0.25, 0.3) is 17.0 Å². The highest BCUT2D eigenvalue weighted by Crippen LogP contribution is 2.37. The number of rotatable bonds is 4. The number of nitrogens with zero attached hydrogens (tertiary/aromatic N) is 4. The van der Waals surface area contributed by atoms with Crippen LogP contribution in [0.4, 0.5) is 18.0 Å². The topological polar surface area (TPSA) is 78.7 Å². The molecule has 2 fully saturated rings. The van der Waals surface area contributed by atoms with E-state index >= 15 is 0 Å². The summed E-state index contributed by atoms with van der Waals surface area (Å²) >= 11 is 6.61. The van der Waals surface area contributed by atoms with E-state index in [4.69, 9.17) is 11.6 Å². The van der Waals surface area contributed by atoms with E-state index in [1.54, 1.807) is 24.3 Å². The number of carbonyl (C=O) groups is 2. The van der Waals surface area contributed by atoms with Crippen LogP contribution in [0, 0.1) is 0 Å². The fourth-order valence-electron chi connectivity index (χ4n) is 4.73. The number of hydrogen-bond acceptors (Lipinski definition) is 6. The van der Waals surface area contributed by atoms with Crippen LogP contribution in [0.15, 0.2) is 47.5 Å². The Kier molecular flexibility index (Phi) is 6.82. The van der Waals surface area contributed by atoms with Crippen LogP contribution in [-0.4, -0.2) is 68.1 Å². The lowest BCUT2D eigenvalue weighted by molar-refractivity contribution is -0.138. The number of piperidine rings is 1. The van der Waals surface area contributed by atoms with E-state index in [9.17, 15) is 27.9 Å². The van der Waals surface area contributed by atoms with Crippen molar-refractivity contribution in [3.63, 3.8) is 0 Å². The number of β-amino-alcohol motifs (C(OH)–C–C–N with tert-alkyl or cyclic N) is 1. The summed E-state index contributed by atoms with van der Waals surface area (Å²) in [4.78, 5) is 29.0. The van der Waals surface area contributed by atoms with Crippen LogP contribution in [0.1, 0.15) is 23.1 Å². The second-order valence-corrected chi connectivity index (χ2v) is 10.6. The smallest absolute Gasteiger partial charge is 0.390 e. The lowest BCUT2D eigenvalue weighted by Gasteiger charge is -2.37. The number of aliphatic hydroxyl groups is 1. The SMILES string of the molecule is CN1CCC(N2C(=O)SC(=Cc3ccc4c(cnn4Cc4ccc(Cl)cc4C(F)(F)F)c3)C2=O)[C@@H](O)C1. The maximum Gasteiger partial charge on any atom is 0.416 e. The van der Waals surface area contributed by atoms with Gasteiger partial charge in [-0.15, -0.1) is 0 Å². The molecule has 2 atom stereocenters. The maximum absolute atomic E-state index is 13.5. The van der Waals surface area contributed by atoms with Crippen molar-refractivity contribution in [3.8, 4) is 0 Å². The molecule has 0 bridgehead atoms. The summed E-state index contributed by atoms with van der Waals surface area (Å²) in [6, 6.07) is 8.26. The molecule has 0 aliphatic carbocycles. The van der Waals surface area contributed by atoms with Gasteiger partial charge < -0.3 is 10.0 Å². The molecule has 2 amide bonds. The molecule has 0 spiro atoms. The fourth-order valence-corrected chi connectivity index (χ4v) is 5.79. The normalized spacial score (nSPS) is 22.5. The van der Waals surface area contributed by atoms with Crippen LogP contribution < -0.4 is 0 Å². The fraction of sp³-hybridized carbons (Fsp3) is 0.320. The molecule has 1 N–H and O–H groups in total. The summed E-state index contributed by atoms with van der Waals surface area (Å²) in [6.45, 7) is 0.947. The van der Waals surface area contributed by atoms with Crippen LogP contribution in [0.2, 0.25) is 5.02 Å². The Bertz CT molecular complexity index is 1420. The van der Waals surface area contributed by atoms with Gasteiger partial charge in [-0.1, -0.05) is 23.7 Å². The quantitative estimate of drug-likeness (QED) is 0.468. The first-order chi connectivity index (χ1) is 17.5. The van der Waals surface area contributed by atoms with Gasteiger partial charge in [-0.25, -0.2) is 0 Å². The van der Waals surface area contributed by atoms with Crippen molar-refractivity contribution in [1.82, 2.24) is 19.6 Å². The molecule has 1 unspecified atom stereocenters. The van der Waals surface area contributed by atoms with Gasteiger partial charge >= 0.3 is 6.18 Å². The largest absolute Gasteiger partial charge is 0.416 e. The van der Waals surface area contributed by atoms with Crippen molar-refractivity contribution in [2.45, 2.75) is 31.3 Å². The summed E-state index contributed by atoms with van der Waals surface area (Å²) in [6.07, 6.45) is -1.73.